The highest BCUT2D eigenvalue weighted by Crippen LogP contribution is 2.30. The van der Waals surface area contributed by atoms with E-state index in [1.54, 1.807) is 0 Å². The lowest BCUT2D eigenvalue weighted by atomic mass is 9.95. The molecule has 5 aromatic carbocycles. The third kappa shape index (κ3) is 3.43. The molecule has 0 saturated heterocycles. The van der Waals surface area contributed by atoms with Crippen LogP contribution in [-0.4, -0.2) is 0 Å². The molecule has 0 unspecified atom stereocenters. The van der Waals surface area contributed by atoms with Crippen LogP contribution < -0.4 is 0 Å². The lowest BCUT2D eigenvalue weighted by Crippen LogP contribution is -1.87. The fraction of sp³-hybridized carbons (Fsp3) is 0.103. The highest BCUT2D eigenvalue weighted by Gasteiger charge is 2.05. The van der Waals surface area contributed by atoms with Crippen molar-refractivity contribution in [3.8, 4) is 22.3 Å². The van der Waals surface area contributed by atoms with Gasteiger partial charge in [0.1, 0.15) is 0 Å². The molecule has 0 heteroatoms. The lowest BCUT2D eigenvalue weighted by molar-refractivity contribution is 0.867. The smallest absolute Gasteiger partial charge is 0.0177 e. The van der Waals surface area contributed by atoms with Gasteiger partial charge in [0.25, 0.3) is 0 Å². The van der Waals surface area contributed by atoms with E-state index in [-0.39, 0.29) is 0 Å². The van der Waals surface area contributed by atoms with Crippen LogP contribution in [0.4, 0.5) is 0 Å². The molecule has 0 saturated carbocycles. The average molecular weight is 373 g/mol. The Hall–Kier alpha value is -3.38. The topological polar surface area (TPSA) is 0 Å². The van der Waals surface area contributed by atoms with Gasteiger partial charge < -0.3 is 0 Å². The van der Waals surface area contributed by atoms with E-state index in [9.17, 15) is 0 Å². The number of fused-ring (bicyclic) bond motifs is 2. The van der Waals surface area contributed by atoms with E-state index in [2.05, 4.69) is 117 Å². The molecule has 0 aliphatic heterocycles. The Morgan fingerprint density at radius 3 is 1.38 bits per heavy atom. The van der Waals surface area contributed by atoms with Gasteiger partial charge in [0.2, 0.25) is 0 Å². The van der Waals surface area contributed by atoms with E-state index in [0.29, 0.717) is 5.92 Å². The first-order valence-corrected chi connectivity index (χ1v) is 10.3. The Morgan fingerprint density at radius 1 is 0.414 bits per heavy atom. The summed E-state index contributed by atoms with van der Waals surface area (Å²) in [6.07, 6.45) is 0. The van der Waals surface area contributed by atoms with Crippen LogP contribution in [0.2, 0.25) is 0 Å². The fourth-order valence-corrected chi connectivity index (χ4v) is 4.03. The van der Waals surface area contributed by atoms with Crippen LogP contribution >= 0.6 is 0 Å². The van der Waals surface area contributed by atoms with Crippen molar-refractivity contribution in [2.75, 3.05) is 0 Å². The van der Waals surface area contributed by atoms with Gasteiger partial charge in [0.15, 0.2) is 0 Å². The van der Waals surface area contributed by atoms with Gasteiger partial charge in [-0.25, -0.2) is 0 Å². The monoisotopic (exact) mass is 372 g/mol. The van der Waals surface area contributed by atoms with Crippen LogP contribution in [0.3, 0.4) is 0 Å². The third-order valence-corrected chi connectivity index (χ3v) is 5.83. The maximum Gasteiger partial charge on any atom is -0.0177 e. The summed E-state index contributed by atoms with van der Waals surface area (Å²) in [5, 5.41) is 5.12. The van der Waals surface area contributed by atoms with E-state index in [1.165, 1.54) is 49.4 Å². The molecule has 0 N–H and O–H groups in total. The Labute approximate surface area is 172 Å². The molecule has 0 heterocycles. The molecule has 0 amide bonds. The minimum Gasteiger partial charge on any atom is -0.0616 e. The molecular weight excluding hydrogens is 348 g/mol. The maximum atomic E-state index is 2.30. The van der Waals surface area contributed by atoms with Crippen molar-refractivity contribution >= 4 is 21.5 Å². The molecule has 0 radical (unpaired) electrons. The second kappa shape index (κ2) is 7.22. The molecule has 0 aliphatic carbocycles. The largest absolute Gasteiger partial charge is 0.0616 e. The Kier molecular flexibility index (Phi) is 4.41. The van der Waals surface area contributed by atoms with Crippen LogP contribution in [0.15, 0.2) is 103 Å². The Morgan fingerprint density at radius 2 is 0.828 bits per heavy atom. The van der Waals surface area contributed by atoms with Gasteiger partial charge in [-0.1, -0.05) is 98.8 Å². The zero-order valence-electron chi connectivity index (χ0n) is 16.9. The molecule has 0 aliphatic rings. The summed E-state index contributed by atoms with van der Waals surface area (Å²) >= 11 is 0. The van der Waals surface area contributed by atoms with Gasteiger partial charge in [-0.3, -0.25) is 0 Å². The molecule has 140 valence electrons. The van der Waals surface area contributed by atoms with Crippen LogP contribution in [-0.2, 0) is 0 Å². The highest BCUT2D eigenvalue weighted by molar-refractivity contribution is 5.93. The molecule has 0 bridgehead atoms. The predicted molar refractivity (Wildman–Crippen MR) is 126 cm³/mol. The number of benzene rings is 5. The van der Waals surface area contributed by atoms with E-state index >= 15 is 0 Å². The van der Waals surface area contributed by atoms with E-state index in [4.69, 9.17) is 0 Å². The van der Waals surface area contributed by atoms with E-state index < -0.39 is 0 Å². The minimum absolute atomic E-state index is 0.564. The second-order valence-corrected chi connectivity index (χ2v) is 8.12. The molecule has 0 spiro atoms. The minimum atomic E-state index is 0.564. The van der Waals surface area contributed by atoms with Crippen molar-refractivity contribution < 1.29 is 0 Å². The van der Waals surface area contributed by atoms with Gasteiger partial charge in [-0.2, -0.15) is 0 Å². The second-order valence-electron chi connectivity index (χ2n) is 8.12. The van der Waals surface area contributed by atoms with E-state index in [1.807, 2.05) is 0 Å². The Bertz CT molecular complexity index is 1310. The summed E-state index contributed by atoms with van der Waals surface area (Å²) in [5.41, 5.74) is 6.45. The molecule has 0 nitrogen and oxygen atoms in total. The molecule has 0 atom stereocenters. The molecular formula is C29H24. The van der Waals surface area contributed by atoms with Crippen molar-refractivity contribution in [3.63, 3.8) is 0 Å². The molecule has 29 heavy (non-hydrogen) atoms. The zero-order chi connectivity index (χ0) is 19.8. The van der Waals surface area contributed by atoms with Crippen molar-refractivity contribution in [1.82, 2.24) is 0 Å². The average Bonchev–Trinajstić information content (AvgIpc) is 2.78. The standard InChI is InChI=1S/C29H24/c1-20(2)21-7-9-23(10-8-21)25-13-14-28-19-29(16-15-27(28)18-25)26-12-11-22-5-3-4-6-24(22)17-26/h3-20H,1-2H3. The number of hydrogen-bond donors (Lipinski definition) is 0. The summed E-state index contributed by atoms with van der Waals surface area (Å²) in [5.74, 6) is 0.564. The summed E-state index contributed by atoms with van der Waals surface area (Å²) in [6, 6.07) is 37.7. The predicted octanol–water partition coefficient (Wildman–Crippen LogP) is 8.45. The van der Waals surface area contributed by atoms with Gasteiger partial charge in [-0.05, 0) is 73.5 Å². The van der Waals surface area contributed by atoms with Crippen LogP contribution in [0.25, 0.3) is 43.8 Å². The number of hydrogen-bond acceptors (Lipinski definition) is 0. The van der Waals surface area contributed by atoms with Gasteiger partial charge in [-0.15, -0.1) is 0 Å². The van der Waals surface area contributed by atoms with Crippen molar-refractivity contribution in [1.29, 1.82) is 0 Å². The van der Waals surface area contributed by atoms with Gasteiger partial charge in [0.05, 0.1) is 0 Å². The fourth-order valence-electron chi connectivity index (χ4n) is 4.03. The molecule has 0 aromatic heterocycles. The summed E-state index contributed by atoms with van der Waals surface area (Å²) in [7, 11) is 0. The normalized spacial score (nSPS) is 11.4. The SMILES string of the molecule is CC(C)c1ccc(-c2ccc3cc(-c4ccc5ccccc5c4)ccc3c2)cc1. The van der Waals surface area contributed by atoms with Gasteiger partial charge >= 0.3 is 0 Å². The van der Waals surface area contributed by atoms with Crippen LogP contribution in [0.1, 0.15) is 25.3 Å². The summed E-state index contributed by atoms with van der Waals surface area (Å²) < 4.78 is 0. The van der Waals surface area contributed by atoms with E-state index in [0.717, 1.165) is 0 Å². The molecule has 5 aromatic rings. The molecule has 0 fully saturated rings. The summed E-state index contributed by atoms with van der Waals surface area (Å²) in [6.45, 7) is 4.47. The van der Waals surface area contributed by atoms with Crippen molar-refractivity contribution in [3.05, 3.63) is 109 Å². The number of rotatable bonds is 3. The Balaban J connectivity index is 1.51. The lowest BCUT2D eigenvalue weighted by Gasteiger charge is -2.09. The summed E-state index contributed by atoms with van der Waals surface area (Å²) in [4.78, 5) is 0. The van der Waals surface area contributed by atoms with Gasteiger partial charge in [0, 0.05) is 0 Å². The first-order chi connectivity index (χ1) is 14.2. The van der Waals surface area contributed by atoms with Crippen LogP contribution in [0, 0.1) is 0 Å². The van der Waals surface area contributed by atoms with Crippen molar-refractivity contribution in [2.45, 2.75) is 19.8 Å². The van der Waals surface area contributed by atoms with Crippen molar-refractivity contribution in [2.24, 2.45) is 0 Å². The maximum absolute atomic E-state index is 2.30. The first-order valence-electron chi connectivity index (χ1n) is 10.3. The molecule has 5 rings (SSSR count). The third-order valence-electron chi connectivity index (χ3n) is 5.83. The zero-order valence-corrected chi connectivity index (χ0v) is 16.9. The highest BCUT2D eigenvalue weighted by atomic mass is 14.1. The quantitative estimate of drug-likeness (QED) is 0.298. The first kappa shape index (κ1) is 17.7. The van der Waals surface area contributed by atoms with Crippen LogP contribution in [0.5, 0.6) is 0 Å².